The molecule has 2 aromatic rings. The monoisotopic (exact) mass is 327 g/mol. The van der Waals surface area contributed by atoms with Crippen molar-refractivity contribution in [1.29, 1.82) is 0 Å². The summed E-state index contributed by atoms with van der Waals surface area (Å²) in [7, 11) is 0. The van der Waals surface area contributed by atoms with Crippen LogP contribution in [-0.2, 0) is 11.2 Å². The quantitative estimate of drug-likeness (QED) is 0.931. The molecule has 3 rings (SSSR count). The van der Waals surface area contributed by atoms with E-state index < -0.39 is 0 Å². The molecule has 0 unspecified atom stereocenters. The molecule has 1 saturated heterocycles. The van der Waals surface area contributed by atoms with Gasteiger partial charge in [0.1, 0.15) is 5.76 Å². The van der Waals surface area contributed by atoms with Gasteiger partial charge < -0.3 is 14.7 Å². The smallest absolute Gasteiger partial charge is 0.273 e. The van der Waals surface area contributed by atoms with E-state index in [4.69, 9.17) is 4.52 Å². The van der Waals surface area contributed by atoms with E-state index in [-0.39, 0.29) is 17.9 Å². The Balaban J connectivity index is 1.47. The van der Waals surface area contributed by atoms with Crippen LogP contribution in [0.1, 0.15) is 34.7 Å². The lowest BCUT2D eigenvalue weighted by molar-refractivity contribution is -0.131. The van der Waals surface area contributed by atoms with Gasteiger partial charge in [-0.1, -0.05) is 35.5 Å². The molecule has 0 aliphatic carbocycles. The number of likely N-dealkylation sites (tertiary alicyclic amines) is 1. The number of nitrogens with one attached hydrogen (secondary N) is 1. The molecule has 0 radical (unpaired) electrons. The topological polar surface area (TPSA) is 75.4 Å². The first kappa shape index (κ1) is 16.2. The third kappa shape index (κ3) is 4.01. The lowest BCUT2D eigenvalue weighted by Crippen LogP contribution is -2.47. The lowest BCUT2D eigenvalue weighted by Gasteiger charge is -2.32. The van der Waals surface area contributed by atoms with E-state index in [2.05, 4.69) is 10.5 Å². The summed E-state index contributed by atoms with van der Waals surface area (Å²) in [6.07, 6.45) is 1.93. The van der Waals surface area contributed by atoms with E-state index in [1.165, 1.54) is 0 Å². The molecule has 1 aromatic heterocycles. The van der Waals surface area contributed by atoms with Crippen LogP contribution in [0.25, 0.3) is 0 Å². The molecule has 1 fully saturated rings. The van der Waals surface area contributed by atoms with Crippen molar-refractivity contribution in [3.8, 4) is 0 Å². The molecule has 2 heterocycles. The van der Waals surface area contributed by atoms with E-state index >= 15 is 0 Å². The van der Waals surface area contributed by atoms with Crippen LogP contribution in [0.3, 0.4) is 0 Å². The van der Waals surface area contributed by atoms with Crippen molar-refractivity contribution in [2.24, 2.45) is 0 Å². The zero-order valence-corrected chi connectivity index (χ0v) is 13.7. The summed E-state index contributed by atoms with van der Waals surface area (Å²) in [6, 6.07) is 11.4. The first-order valence-electron chi connectivity index (χ1n) is 8.17. The molecule has 1 N–H and O–H groups in total. The number of hydrogen-bond donors (Lipinski definition) is 1. The maximum absolute atomic E-state index is 12.3. The number of rotatable bonds is 4. The highest BCUT2D eigenvalue weighted by Crippen LogP contribution is 2.13. The summed E-state index contributed by atoms with van der Waals surface area (Å²) in [5.41, 5.74) is 1.33. The van der Waals surface area contributed by atoms with Crippen LogP contribution in [0.5, 0.6) is 0 Å². The van der Waals surface area contributed by atoms with E-state index in [0.29, 0.717) is 31.0 Å². The van der Waals surface area contributed by atoms with E-state index in [0.717, 1.165) is 18.4 Å². The summed E-state index contributed by atoms with van der Waals surface area (Å²) < 4.78 is 4.92. The highest BCUT2D eigenvalue weighted by Gasteiger charge is 2.24. The normalized spacial score (nSPS) is 15.3. The Morgan fingerprint density at radius 1 is 1.25 bits per heavy atom. The third-order valence-electron chi connectivity index (χ3n) is 4.24. The van der Waals surface area contributed by atoms with Crippen molar-refractivity contribution in [2.75, 3.05) is 13.1 Å². The number of aryl methyl sites for hydroxylation is 1. The number of piperidine rings is 1. The Bertz CT molecular complexity index is 703. The second kappa shape index (κ2) is 7.29. The van der Waals surface area contributed by atoms with Gasteiger partial charge in [-0.05, 0) is 25.3 Å². The fourth-order valence-electron chi connectivity index (χ4n) is 2.89. The Morgan fingerprint density at radius 2 is 1.96 bits per heavy atom. The molecule has 24 heavy (non-hydrogen) atoms. The molecule has 6 nitrogen and oxygen atoms in total. The van der Waals surface area contributed by atoms with Crippen molar-refractivity contribution in [3.05, 3.63) is 53.4 Å². The Kier molecular flexibility index (Phi) is 4.93. The number of nitrogens with zero attached hydrogens (tertiary/aromatic N) is 2. The zero-order chi connectivity index (χ0) is 16.9. The van der Waals surface area contributed by atoms with Gasteiger partial charge in [0.05, 0.1) is 6.42 Å². The Labute approximate surface area is 140 Å². The van der Waals surface area contributed by atoms with Gasteiger partial charge in [0.25, 0.3) is 5.91 Å². The van der Waals surface area contributed by atoms with Crippen molar-refractivity contribution in [1.82, 2.24) is 15.4 Å². The van der Waals surface area contributed by atoms with Crippen LogP contribution in [0.2, 0.25) is 0 Å². The standard InChI is InChI=1S/C18H21N3O3/c1-13-11-16(20-24-13)18(23)19-15-7-9-21(10-8-15)17(22)12-14-5-3-2-4-6-14/h2-6,11,15H,7-10,12H2,1H3,(H,19,23). The van der Waals surface area contributed by atoms with E-state index in [1.807, 2.05) is 35.2 Å². The SMILES string of the molecule is Cc1cc(C(=O)NC2CCN(C(=O)Cc3ccccc3)CC2)no1. The first-order valence-corrected chi connectivity index (χ1v) is 8.17. The van der Waals surface area contributed by atoms with Crippen molar-refractivity contribution in [3.63, 3.8) is 0 Å². The highest BCUT2D eigenvalue weighted by molar-refractivity contribution is 5.92. The fourth-order valence-corrected chi connectivity index (χ4v) is 2.89. The van der Waals surface area contributed by atoms with Gasteiger partial charge in [0, 0.05) is 25.2 Å². The molecule has 1 aromatic carbocycles. The average molecular weight is 327 g/mol. The largest absolute Gasteiger partial charge is 0.361 e. The van der Waals surface area contributed by atoms with E-state index in [9.17, 15) is 9.59 Å². The van der Waals surface area contributed by atoms with Crippen LogP contribution < -0.4 is 5.32 Å². The van der Waals surface area contributed by atoms with Crippen LogP contribution in [0.4, 0.5) is 0 Å². The van der Waals surface area contributed by atoms with E-state index in [1.54, 1.807) is 13.0 Å². The number of aromatic nitrogens is 1. The number of benzene rings is 1. The van der Waals surface area contributed by atoms with Crippen LogP contribution >= 0.6 is 0 Å². The molecule has 1 aliphatic heterocycles. The predicted molar refractivity (Wildman–Crippen MR) is 88.5 cm³/mol. The van der Waals surface area contributed by atoms with Crippen LogP contribution in [0, 0.1) is 6.92 Å². The minimum atomic E-state index is -0.221. The third-order valence-corrected chi connectivity index (χ3v) is 4.24. The molecule has 1 aliphatic rings. The van der Waals surface area contributed by atoms with Gasteiger partial charge in [-0.15, -0.1) is 0 Å². The number of carbonyl (C=O) groups is 2. The van der Waals surface area contributed by atoms with Crippen molar-refractivity contribution >= 4 is 11.8 Å². The summed E-state index contributed by atoms with van der Waals surface area (Å²) in [6.45, 7) is 3.07. The minimum Gasteiger partial charge on any atom is -0.361 e. The molecular weight excluding hydrogens is 306 g/mol. The number of amides is 2. The number of carbonyl (C=O) groups excluding carboxylic acids is 2. The second-order valence-corrected chi connectivity index (χ2v) is 6.11. The van der Waals surface area contributed by atoms with Gasteiger partial charge in [0.2, 0.25) is 5.91 Å². The average Bonchev–Trinajstić information content (AvgIpc) is 3.03. The molecule has 0 saturated carbocycles. The van der Waals surface area contributed by atoms with Crippen LogP contribution in [-0.4, -0.2) is 41.0 Å². The van der Waals surface area contributed by atoms with Gasteiger partial charge in [-0.3, -0.25) is 9.59 Å². The maximum atomic E-state index is 12.3. The summed E-state index contributed by atoms with van der Waals surface area (Å²) in [5.74, 6) is 0.528. The molecule has 0 spiro atoms. The van der Waals surface area contributed by atoms with Crippen LogP contribution in [0.15, 0.2) is 40.9 Å². The van der Waals surface area contributed by atoms with Gasteiger partial charge >= 0.3 is 0 Å². The highest BCUT2D eigenvalue weighted by atomic mass is 16.5. The predicted octanol–water partition coefficient (Wildman–Crippen LogP) is 1.95. The zero-order valence-electron chi connectivity index (χ0n) is 13.7. The summed E-state index contributed by atoms with van der Waals surface area (Å²) >= 11 is 0. The van der Waals surface area contributed by atoms with Gasteiger partial charge in [-0.25, -0.2) is 0 Å². The second-order valence-electron chi connectivity index (χ2n) is 6.11. The molecule has 126 valence electrons. The molecule has 2 amide bonds. The molecule has 0 bridgehead atoms. The van der Waals surface area contributed by atoms with Crippen molar-refractivity contribution in [2.45, 2.75) is 32.2 Å². The molecule has 0 atom stereocenters. The number of hydrogen-bond acceptors (Lipinski definition) is 4. The maximum Gasteiger partial charge on any atom is 0.273 e. The summed E-state index contributed by atoms with van der Waals surface area (Å²) in [5, 5.41) is 6.68. The van der Waals surface area contributed by atoms with Gasteiger partial charge in [-0.2, -0.15) is 0 Å². The summed E-state index contributed by atoms with van der Waals surface area (Å²) in [4.78, 5) is 26.3. The van der Waals surface area contributed by atoms with Crippen molar-refractivity contribution < 1.29 is 14.1 Å². The van der Waals surface area contributed by atoms with Gasteiger partial charge in [0.15, 0.2) is 5.69 Å². The molecule has 6 heteroatoms. The fraction of sp³-hybridized carbons (Fsp3) is 0.389. The Hall–Kier alpha value is -2.63. The Morgan fingerprint density at radius 3 is 2.58 bits per heavy atom. The molecular formula is C18H21N3O3. The first-order chi connectivity index (χ1) is 11.6. The lowest BCUT2D eigenvalue weighted by atomic mass is 10.0. The minimum absolute atomic E-state index is 0.0651.